The monoisotopic (exact) mass is 274 g/mol. The zero-order valence-electron chi connectivity index (χ0n) is 12.0. The van der Waals surface area contributed by atoms with Gasteiger partial charge in [-0.3, -0.25) is 0 Å². The molecule has 0 saturated heterocycles. The van der Waals surface area contributed by atoms with Gasteiger partial charge in [-0.1, -0.05) is 78.9 Å². The van der Waals surface area contributed by atoms with Gasteiger partial charge in [-0.15, -0.1) is 0 Å². The second kappa shape index (κ2) is 5.94. The first-order valence-corrected chi connectivity index (χ1v) is 7.18. The van der Waals surface area contributed by atoms with E-state index < -0.39 is 6.10 Å². The van der Waals surface area contributed by atoms with E-state index >= 15 is 0 Å². The van der Waals surface area contributed by atoms with Gasteiger partial charge in [0.25, 0.3) is 0 Å². The first-order valence-electron chi connectivity index (χ1n) is 7.18. The van der Waals surface area contributed by atoms with E-state index in [-0.39, 0.29) is 0 Å². The van der Waals surface area contributed by atoms with E-state index in [9.17, 15) is 5.11 Å². The fraction of sp³-hybridized carbons (Fsp3) is 0.100. The Balaban J connectivity index is 1.87. The lowest BCUT2D eigenvalue weighted by molar-refractivity contribution is 0.199. The van der Waals surface area contributed by atoms with E-state index in [1.165, 1.54) is 22.3 Å². The standard InChI is InChI=1S/C20H18O/c1-15(21)16-7-9-19(10-8-16)20-13-11-18(12-14-20)17-5-3-2-4-6-17/h2-15,21H,1H3/t15-/m0/s1. The summed E-state index contributed by atoms with van der Waals surface area (Å²) in [7, 11) is 0. The predicted molar refractivity (Wildman–Crippen MR) is 87.9 cm³/mol. The van der Waals surface area contributed by atoms with Crippen LogP contribution >= 0.6 is 0 Å². The van der Waals surface area contributed by atoms with Gasteiger partial charge in [0.1, 0.15) is 0 Å². The second-order valence-electron chi connectivity index (χ2n) is 5.24. The average Bonchev–Trinajstić information content (AvgIpc) is 2.56. The van der Waals surface area contributed by atoms with Gasteiger partial charge in [-0.25, -0.2) is 0 Å². The average molecular weight is 274 g/mol. The molecule has 0 amide bonds. The summed E-state index contributed by atoms with van der Waals surface area (Å²) < 4.78 is 0. The number of hydrogen-bond donors (Lipinski definition) is 1. The number of rotatable bonds is 3. The fourth-order valence-corrected chi connectivity index (χ4v) is 2.44. The highest BCUT2D eigenvalue weighted by atomic mass is 16.3. The van der Waals surface area contributed by atoms with Crippen molar-refractivity contribution in [3.8, 4) is 22.3 Å². The van der Waals surface area contributed by atoms with Gasteiger partial charge >= 0.3 is 0 Å². The molecule has 1 heteroatoms. The number of benzene rings is 3. The van der Waals surface area contributed by atoms with Gasteiger partial charge in [0.15, 0.2) is 0 Å². The molecule has 104 valence electrons. The van der Waals surface area contributed by atoms with Crippen molar-refractivity contribution in [3.05, 3.63) is 84.4 Å². The lowest BCUT2D eigenvalue weighted by atomic mass is 9.99. The third-order valence-electron chi connectivity index (χ3n) is 3.72. The summed E-state index contributed by atoms with van der Waals surface area (Å²) in [5.74, 6) is 0. The van der Waals surface area contributed by atoms with Crippen LogP contribution < -0.4 is 0 Å². The summed E-state index contributed by atoms with van der Waals surface area (Å²) in [5.41, 5.74) is 5.75. The van der Waals surface area contributed by atoms with Crippen LogP contribution in [0.4, 0.5) is 0 Å². The van der Waals surface area contributed by atoms with Crippen molar-refractivity contribution in [3.63, 3.8) is 0 Å². The maximum absolute atomic E-state index is 9.55. The lowest BCUT2D eigenvalue weighted by Crippen LogP contribution is -1.90. The molecule has 0 bridgehead atoms. The molecule has 3 aromatic carbocycles. The fourth-order valence-electron chi connectivity index (χ4n) is 2.44. The number of hydrogen-bond acceptors (Lipinski definition) is 1. The van der Waals surface area contributed by atoms with E-state index in [2.05, 4.69) is 60.7 Å². The van der Waals surface area contributed by atoms with E-state index in [1.54, 1.807) is 6.92 Å². The first kappa shape index (κ1) is 13.6. The van der Waals surface area contributed by atoms with Crippen molar-refractivity contribution in [2.24, 2.45) is 0 Å². The SMILES string of the molecule is C[C@H](O)c1ccc(-c2ccc(-c3ccccc3)cc2)cc1. The molecule has 1 nitrogen and oxygen atoms in total. The lowest BCUT2D eigenvalue weighted by Gasteiger charge is -2.08. The van der Waals surface area contributed by atoms with Crippen LogP contribution in [-0.2, 0) is 0 Å². The summed E-state index contributed by atoms with van der Waals surface area (Å²) in [6.07, 6.45) is -0.417. The van der Waals surface area contributed by atoms with Crippen LogP contribution in [-0.4, -0.2) is 5.11 Å². The molecule has 0 saturated carbocycles. The van der Waals surface area contributed by atoms with Crippen LogP contribution in [0.25, 0.3) is 22.3 Å². The van der Waals surface area contributed by atoms with Crippen molar-refractivity contribution in [2.45, 2.75) is 13.0 Å². The Morgan fingerprint density at radius 3 is 1.38 bits per heavy atom. The highest BCUT2D eigenvalue weighted by Gasteiger charge is 2.02. The van der Waals surface area contributed by atoms with Crippen molar-refractivity contribution >= 4 is 0 Å². The Kier molecular flexibility index (Phi) is 3.85. The Labute approximate surface area is 125 Å². The number of aliphatic hydroxyl groups excluding tert-OH is 1. The van der Waals surface area contributed by atoms with Crippen molar-refractivity contribution in [1.82, 2.24) is 0 Å². The van der Waals surface area contributed by atoms with Gasteiger partial charge in [0, 0.05) is 0 Å². The quantitative estimate of drug-likeness (QED) is 0.706. The smallest absolute Gasteiger partial charge is 0.0761 e. The molecule has 0 spiro atoms. The van der Waals surface area contributed by atoms with Crippen molar-refractivity contribution in [1.29, 1.82) is 0 Å². The molecule has 1 atom stereocenters. The Bertz CT molecular complexity index is 695. The van der Waals surface area contributed by atoms with Crippen LogP contribution in [0.15, 0.2) is 78.9 Å². The molecule has 1 N–H and O–H groups in total. The second-order valence-corrected chi connectivity index (χ2v) is 5.24. The summed E-state index contributed by atoms with van der Waals surface area (Å²) in [6, 6.07) is 27.0. The van der Waals surface area contributed by atoms with Gasteiger partial charge in [0.05, 0.1) is 6.10 Å². The minimum atomic E-state index is -0.417. The normalized spacial score (nSPS) is 12.1. The highest BCUT2D eigenvalue weighted by Crippen LogP contribution is 2.25. The van der Waals surface area contributed by atoms with Gasteiger partial charge in [0.2, 0.25) is 0 Å². The molecule has 0 aliphatic carbocycles. The Morgan fingerprint density at radius 1 is 0.571 bits per heavy atom. The topological polar surface area (TPSA) is 20.2 Å². The highest BCUT2D eigenvalue weighted by molar-refractivity contribution is 5.70. The van der Waals surface area contributed by atoms with Crippen LogP contribution in [0.3, 0.4) is 0 Å². The Morgan fingerprint density at radius 2 is 0.952 bits per heavy atom. The molecular formula is C20H18O. The zero-order chi connectivity index (χ0) is 14.7. The maximum Gasteiger partial charge on any atom is 0.0761 e. The molecule has 0 aliphatic heterocycles. The molecule has 0 aliphatic rings. The van der Waals surface area contributed by atoms with Crippen LogP contribution in [0.5, 0.6) is 0 Å². The van der Waals surface area contributed by atoms with Crippen molar-refractivity contribution < 1.29 is 5.11 Å². The van der Waals surface area contributed by atoms with E-state index in [4.69, 9.17) is 0 Å². The minimum Gasteiger partial charge on any atom is -0.389 e. The molecule has 0 heterocycles. The predicted octanol–water partition coefficient (Wildman–Crippen LogP) is 5.07. The molecule has 0 aromatic heterocycles. The van der Waals surface area contributed by atoms with Crippen LogP contribution in [0.1, 0.15) is 18.6 Å². The van der Waals surface area contributed by atoms with Crippen molar-refractivity contribution in [2.75, 3.05) is 0 Å². The molecule has 21 heavy (non-hydrogen) atoms. The van der Waals surface area contributed by atoms with Crippen LogP contribution in [0, 0.1) is 0 Å². The third-order valence-corrected chi connectivity index (χ3v) is 3.72. The first-order chi connectivity index (χ1) is 10.2. The third kappa shape index (κ3) is 3.04. The van der Waals surface area contributed by atoms with Crippen LogP contribution in [0.2, 0.25) is 0 Å². The number of aliphatic hydroxyl groups is 1. The minimum absolute atomic E-state index is 0.417. The Hall–Kier alpha value is -2.38. The summed E-state index contributed by atoms with van der Waals surface area (Å²) in [5, 5.41) is 9.55. The molecule has 3 aromatic rings. The van der Waals surface area contributed by atoms with E-state index in [1.807, 2.05) is 18.2 Å². The van der Waals surface area contributed by atoms with Gasteiger partial charge in [-0.2, -0.15) is 0 Å². The van der Waals surface area contributed by atoms with Gasteiger partial charge < -0.3 is 5.11 Å². The molecule has 0 fully saturated rings. The maximum atomic E-state index is 9.55. The van der Waals surface area contributed by atoms with Gasteiger partial charge in [-0.05, 0) is 34.7 Å². The largest absolute Gasteiger partial charge is 0.389 e. The molecule has 3 rings (SSSR count). The van der Waals surface area contributed by atoms with E-state index in [0.717, 1.165) is 5.56 Å². The summed E-state index contributed by atoms with van der Waals surface area (Å²) in [4.78, 5) is 0. The zero-order valence-corrected chi connectivity index (χ0v) is 12.0. The summed E-state index contributed by atoms with van der Waals surface area (Å²) in [6.45, 7) is 1.78. The van der Waals surface area contributed by atoms with E-state index in [0.29, 0.717) is 0 Å². The molecule has 0 unspecified atom stereocenters. The summed E-state index contributed by atoms with van der Waals surface area (Å²) >= 11 is 0. The molecular weight excluding hydrogens is 256 g/mol. The molecule has 0 radical (unpaired) electrons.